The van der Waals surface area contributed by atoms with E-state index in [1.807, 2.05) is 24.3 Å². The minimum Gasteiger partial charge on any atom is -0.330 e. The molecule has 0 N–H and O–H groups in total. The van der Waals surface area contributed by atoms with Gasteiger partial charge in [0.25, 0.3) is 0 Å². The summed E-state index contributed by atoms with van der Waals surface area (Å²) < 4.78 is 0. The Morgan fingerprint density at radius 3 is 1.56 bits per heavy atom. The van der Waals surface area contributed by atoms with Crippen LogP contribution in [0.4, 0.5) is 22.7 Å². The Morgan fingerprint density at radius 2 is 0.974 bits per heavy atom. The summed E-state index contributed by atoms with van der Waals surface area (Å²) in [5.41, 5.74) is 30.5. The van der Waals surface area contributed by atoms with Crippen molar-refractivity contribution in [3.63, 3.8) is 0 Å². The number of aryl methyl sites for hydroxylation is 7. The van der Waals surface area contributed by atoms with Crippen LogP contribution in [0.3, 0.4) is 0 Å². The Bertz CT molecular complexity index is 4080. The predicted octanol–water partition coefficient (Wildman–Crippen LogP) is 18.3. The minimum atomic E-state index is -0.208. The molecule has 370 valence electrons. The largest absolute Gasteiger partial charge is 0.330 e. The fourth-order valence-corrected chi connectivity index (χ4v) is 12.3. The van der Waals surface area contributed by atoms with Crippen molar-refractivity contribution in [1.82, 2.24) is 0 Å². The maximum atomic E-state index is 10.0. The van der Waals surface area contributed by atoms with E-state index < -0.39 is 0 Å². The molecule has 0 aliphatic heterocycles. The van der Waals surface area contributed by atoms with Crippen LogP contribution in [0.1, 0.15) is 50.1 Å². The molecule has 0 fully saturated rings. The van der Waals surface area contributed by atoms with Gasteiger partial charge in [-0.2, -0.15) is 10.5 Å². The predicted molar refractivity (Wildman–Crippen MR) is 319 cm³/mol. The van der Waals surface area contributed by atoms with Crippen LogP contribution in [0.15, 0.2) is 246 Å². The molecule has 8 aromatic carbocycles. The maximum absolute atomic E-state index is 10.0. The maximum Gasteiger partial charge on any atom is 0.0991 e. The summed E-state index contributed by atoms with van der Waals surface area (Å²) in [7, 11) is 0. The molecule has 2 atom stereocenters. The van der Waals surface area contributed by atoms with Crippen LogP contribution in [-0.4, -0.2) is 6.04 Å². The lowest BCUT2D eigenvalue weighted by molar-refractivity contribution is 0.773. The molecule has 0 saturated heterocycles. The van der Waals surface area contributed by atoms with Crippen molar-refractivity contribution in [2.24, 2.45) is 5.92 Å². The summed E-state index contributed by atoms with van der Waals surface area (Å²) in [5.74, 6) is -0.0621. The van der Waals surface area contributed by atoms with Gasteiger partial charge in [-0.25, -0.2) is 0 Å². The highest BCUT2D eigenvalue weighted by Gasteiger charge is 2.40. The van der Waals surface area contributed by atoms with Crippen molar-refractivity contribution < 1.29 is 0 Å². The van der Waals surface area contributed by atoms with Gasteiger partial charge in [-0.15, -0.1) is 0 Å². The second kappa shape index (κ2) is 19.7. The number of rotatable bonds is 10. The highest BCUT2D eigenvalue weighted by molar-refractivity contribution is 5.93. The zero-order chi connectivity index (χ0) is 53.1. The average Bonchev–Trinajstić information content (AvgIpc) is 3.58. The molecular formula is C73H58N4. The lowest BCUT2D eigenvalue weighted by Gasteiger charge is -2.44. The second-order valence-corrected chi connectivity index (χ2v) is 21.2. The van der Waals surface area contributed by atoms with E-state index in [1.54, 1.807) is 0 Å². The fraction of sp³-hybridized carbons (Fsp3) is 0.123. The summed E-state index contributed by atoms with van der Waals surface area (Å²) >= 11 is 0. The van der Waals surface area contributed by atoms with E-state index >= 15 is 0 Å². The molecule has 8 aromatic rings. The average molecular weight is 991 g/mol. The van der Waals surface area contributed by atoms with Crippen molar-refractivity contribution in [3.8, 4) is 56.6 Å². The molecule has 0 saturated carbocycles. The SMILES string of the molecule is Cc1ccc(-c2ccc(N(C3=C4C=CC5=C6C(=CC=C(C=C3)C46)C(N(c3ccc(C#N)cc3)c3ccc(-c4ccc(C)cc4C)cc3-c3ccccc3C)C=C5)c3ccc(C#N)cc3)c(-c3ccc(C)cc3C)c2)c(C)c1. The van der Waals surface area contributed by atoms with Crippen molar-refractivity contribution >= 4 is 22.7 Å². The minimum absolute atomic E-state index is 0.0621. The first-order valence-corrected chi connectivity index (χ1v) is 26.6. The van der Waals surface area contributed by atoms with Gasteiger partial charge in [0.05, 0.1) is 40.7 Å². The number of benzene rings is 8. The molecule has 0 heterocycles. The van der Waals surface area contributed by atoms with Gasteiger partial charge in [0.1, 0.15) is 0 Å². The highest BCUT2D eigenvalue weighted by Crippen LogP contribution is 2.53. The van der Waals surface area contributed by atoms with Crippen LogP contribution in [0.5, 0.6) is 0 Å². The number of nitrogens with zero attached hydrogens (tertiary/aromatic N) is 4. The molecule has 4 nitrogen and oxygen atoms in total. The van der Waals surface area contributed by atoms with Gasteiger partial charge in [0.2, 0.25) is 0 Å². The molecule has 77 heavy (non-hydrogen) atoms. The molecule has 0 aromatic heterocycles. The normalized spacial score (nSPS) is 15.9. The Hall–Kier alpha value is -9.48. The summed E-state index contributed by atoms with van der Waals surface area (Å²) in [6.07, 6.45) is 18.6. The lowest BCUT2D eigenvalue weighted by atomic mass is 9.67. The number of allylic oxidation sites excluding steroid dienone is 10. The monoisotopic (exact) mass is 990 g/mol. The summed E-state index contributed by atoms with van der Waals surface area (Å²) in [6.45, 7) is 15.3. The standard InChI is InChI=1S/C73H58N4/c1-45-12-29-60(49(5)38-45)56-23-36-70(66(41-56)62-11-9-8-10-48(62)4)76(58-25-15-52(43-74)16-26-58)68-34-21-54-20-33-65-69(35-22-55-19-32-64(68)72(54)73(55)65)77(59-27-17-53(44-75)18-28-59)71-37-24-57(61-30-13-46(2)39-50(61)6)42-67(71)63-31-14-47(3)40-51(63)7/h8-42,68,73H,1-7H3. The zero-order valence-electron chi connectivity index (χ0n) is 44.7. The third-order valence-corrected chi connectivity index (χ3v) is 16.0. The first kappa shape index (κ1) is 48.5. The van der Waals surface area contributed by atoms with Gasteiger partial charge < -0.3 is 9.80 Å². The molecule has 0 radical (unpaired) electrons. The van der Waals surface area contributed by atoms with E-state index in [4.69, 9.17) is 0 Å². The molecular weight excluding hydrogens is 933 g/mol. The van der Waals surface area contributed by atoms with Crippen molar-refractivity contribution in [2.75, 3.05) is 9.80 Å². The number of hydrogen-bond acceptors (Lipinski definition) is 4. The fourth-order valence-electron chi connectivity index (χ4n) is 12.3. The quantitative estimate of drug-likeness (QED) is 0.137. The van der Waals surface area contributed by atoms with Crippen LogP contribution in [0, 0.1) is 77.0 Å². The van der Waals surface area contributed by atoms with Gasteiger partial charge in [-0.3, -0.25) is 0 Å². The van der Waals surface area contributed by atoms with E-state index in [0.29, 0.717) is 11.1 Å². The van der Waals surface area contributed by atoms with Crippen LogP contribution >= 0.6 is 0 Å². The molecule has 12 rings (SSSR count). The van der Waals surface area contributed by atoms with Gasteiger partial charge in [-0.05, 0) is 211 Å². The molecule has 4 heteroatoms. The van der Waals surface area contributed by atoms with Gasteiger partial charge >= 0.3 is 0 Å². The molecule has 0 bridgehead atoms. The van der Waals surface area contributed by atoms with Crippen LogP contribution < -0.4 is 9.80 Å². The highest BCUT2D eigenvalue weighted by atomic mass is 15.2. The van der Waals surface area contributed by atoms with Gasteiger partial charge in [0, 0.05) is 34.1 Å². The van der Waals surface area contributed by atoms with Crippen LogP contribution in [0.2, 0.25) is 0 Å². The smallest absolute Gasteiger partial charge is 0.0991 e. The molecule has 0 spiro atoms. The molecule has 4 aliphatic carbocycles. The number of anilines is 4. The Morgan fingerprint density at radius 1 is 0.429 bits per heavy atom. The van der Waals surface area contributed by atoms with E-state index in [1.165, 1.54) is 94.6 Å². The van der Waals surface area contributed by atoms with E-state index in [-0.39, 0.29) is 12.0 Å². The summed E-state index contributed by atoms with van der Waals surface area (Å²) in [5, 5.41) is 20.1. The summed E-state index contributed by atoms with van der Waals surface area (Å²) in [6, 6.07) is 63.4. The van der Waals surface area contributed by atoms with Crippen molar-refractivity contribution in [2.45, 2.75) is 54.5 Å². The zero-order valence-corrected chi connectivity index (χ0v) is 44.7. The third kappa shape index (κ3) is 8.69. The first-order valence-electron chi connectivity index (χ1n) is 26.6. The number of nitriles is 2. The van der Waals surface area contributed by atoms with Crippen LogP contribution in [-0.2, 0) is 0 Å². The molecule has 2 unspecified atom stereocenters. The van der Waals surface area contributed by atoms with E-state index in [9.17, 15) is 10.5 Å². The Labute approximate surface area is 453 Å². The molecule has 0 amide bonds. The molecule has 4 aliphatic rings. The van der Waals surface area contributed by atoms with Crippen LogP contribution in [0.25, 0.3) is 44.5 Å². The van der Waals surface area contributed by atoms with Gasteiger partial charge in [0.15, 0.2) is 0 Å². The summed E-state index contributed by atoms with van der Waals surface area (Å²) in [4.78, 5) is 4.90. The Balaban J connectivity index is 1.04. The first-order chi connectivity index (χ1) is 37.5. The van der Waals surface area contributed by atoms with Crippen molar-refractivity contribution in [1.29, 1.82) is 10.5 Å². The third-order valence-electron chi connectivity index (χ3n) is 16.0. The van der Waals surface area contributed by atoms with Gasteiger partial charge in [-0.1, -0.05) is 150 Å². The number of hydrogen-bond donors (Lipinski definition) is 0. The van der Waals surface area contributed by atoms with E-state index in [0.717, 1.165) is 45.1 Å². The second-order valence-electron chi connectivity index (χ2n) is 21.2. The van der Waals surface area contributed by atoms with E-state index in [2.05, 4.69) is 259 Å². The van der Waals surface area contributed by atoms with Crippen molar-refractivity contribution in [3.05, 3.63) is 296 Å². The lowest BCUT2D eigenvalue weighted by Crippen LogP contribution is -2.37. The Kier molecular flexibility index (Phi) is 12.4. The topological polar surface area (TPSA) is 54.1 Å².